The van der Waals surface area contributed by atoms with Gasteiger partial charge in [-0.15, -0.1) is 11.6 Å². The number of hydrogen-bond donors (Lipinski definition) is 1. The quantitative estimate of drug-likeness (QED) is 0.541. The van der Waals surface area contributed by atoms with Gasteiger partial charge in [-0.25, -0.2) is 0 Å². The molecule has 0 saturated carbocycles. The van der Waals surface area contributed by atoms with Gasteiger partial charge in [-0.2, -0.15) is 11.8 Å². The van der Waals surface area contributed by atoms with Gasteiger partial charge in [0.15, 0.2) is 0 Å². The van der Waals surface area contributed by atoms with Gasteiger partial charge in [0, 0.05) is 25.0 Å². The summed E-state index contributed by atoms with van der Waals surface area (Å²) in [6, 6.07) is 0. The van der Waals surface area contributed by atoms with Gasteiger partial charge >= 0.3 is 0 Å². The Labute approximate surface area is 87.6 Å². The number of amides is 1. The minimum absolute atomic E-state index is 0.00584. The molecule has 5 heteroatoms. The summed E-state index contributed by atoms with van der Waals surface area (Å²) < 4.78 is 0. The SMILES string of the molecule is CC(=O)NCCSCC(Cl)C(C)=O. The molecule has 0 aliphatic heterocycles. The monoisotopic (exact) mass is 223 g/mol. The van der Waals surface area contributed by atoms with E-state index in [0.29, 0.717) is 12.3 Å². The number of alkyl halides is 1. The van der Waals surface area contributed by atoms with Crippen LogP contribution in [0.1, 0.15) is 13.8 Å². The van der Waals surface area contributed by atoms with Crippen LogP contribution < -0.4 is 5.32 Å². The van der Waals surface area contributed by atoms with Gasteiger partial charge < -0.3 is 5.32 Å². The van der Waals surface area contributed by atoms with Crippen LogP contribution in [-0.2, 0) is 9.59 Å². The Morgan fingerprint density at radius 1 is 1.46 bits per heavy atom. The van der Waals surface area contributed by atoms with Crippen molar-refractivity contribution < 1.29 is 9.59 Å². The Hall–Kier alpha value is -0.220. The minimum atomic E-state index is -0.401. The predicted molar refractivity (Wildman–Crippen MR) is 56.3 cm³/mol. The number of carbonyl (C=O) groups excluding carboxylic acids is 2. The molecule has 0 saturated heterocycles. The normalized spacial score (nSPS) is 12.2. The smallest absolute Gasteiger partial charge is 0.216 e. The molecular weight excluding hydrogens is 210 g/mol. The Morgan fingerprint density at radius 3 is 2.54 bits per heavy atom. The molecule has 0 aromatic heterocycles. The van der Waals surface area contributed by atoms with Gasteiger partial charge in [0.1, 0.15) is 11.2 Å². The first-order valence-electron chi connectivity index (χ1n) is 4.00. The first-order chi connectivity index (χ1) is 6.04. The molecule has 0 heterocycles. The number of nitrogens with one attached hydrogen (secondary N) is 1. The maximum absolute atomic E-state index is 10.7. The fourth-order valence-electron chi connectivity index (χ4n) is 0.603. The van der Waals surface area contributed by atoms with Gasteiger partial charge in [0.2, 0.25) is 5.91 Å². The van der Waals surface area contributed by atoms with E-state index in [1.165, 1.54) is 13.8 Å². The average Bonchev–Trinajstić information content (AvgIpc) is 2.02. The highest BCUT2D eigenvalue weighted by Gasteiger charge is 2.08. The molecule has 76 valence electrons. The van der Waals surface area contributed by atoms with Crippen molar-refractivity contribution in [1.29, 1.82) is 0 Å². The number of Topliss-reactive ketones (excluding diaryl/α,β-unsaturated/α-hetero) is 1. The maximum atomic E-state index is 10.7. The van der Waals surface area contributed by atoms with E-state index >= 15 is 0 Å². The van der Waals surface area contributed by atoms with Crippen LogP contribution in [0.5, 0.6) is 0 Å². The Morgan fingerprint density at radius 2 is 2.08 bits per heavy atom. The highest BCUT2D eigenvalue weighted by Crippen LogP contribution is 2.07. The molecule has 0 aromatic rings. The highest BCUT2D eigenvalue weighted by molar-refractivity contribution is 7.99. The second kappa shape index (κ2) is 7.21. The number of ketones is 1. The first-order valence-corrected chi connectivity index (χ1v) is 5.60. The van der Waals surface area contributed by atoms with Crippen molar-refractivity contribution >= 4 is 35.1 Å². The lowest BCUT2D eigenvalue weighted by atomic mass is 10.3. The van der Waals surface area contributed by atoms with Gasteiger partial charge in [-0.1, -0.05) is 0 Å². The van der Waals surface area contributed by atoms with Gasteiger partial charge in [-0.05, 0) is 6.92 Å². The molecule has 0 bridgehead atoms. The zero-order valence-electron chi connectivity index (χ0n) is 7.80. The van der Waals surface area contributed by atoms with Crippen LogP contribution in [0.15, 0.2) is 0 Å². The summed E-state index contributed by atoms with van der Waals surface area (Å²) in [7, 11) is 0. The first kappa shape index (κ1) is 12.8. The fourth-order valence-corrected chi connectivity index (χ4v) is 1.73. The Kier molecular flexibility index (Phi) is 7.09. The molecule has 0 aliphatic rings. The van der Waals surface area contributed by atoms with Crippen molar-refractivity contribution in [2.75, 3.05) is 18.1 Å². The summed E-state index contributed by atoms with van der Waals surface area (Å²) in [5.74, 6) is 1.36. The lowest BCUT2D eigenvalue weighted by molar-refractivity contribution is -0.119. The van der Waals surface area contributed by atoms with E-state index in [-0.39, 0.29) is 11.7 Å². The van der Waals surface area contributed by atoms with Crippen molar-refractivity contribution in [3.8, 4) is 0 Å². The number of hydrogen-bond acceptors (Lipinski definition) is 3. The number of halogens is 1. The lowest BCUT2D eigenvalue weighted by Gasteiger charge is -2.05. The van der Waals surface area contributed by atoms with E-state index in [0.717, 1.165) is 5.75 Å². The molecule has 1 N–H and O–H groups in total. The van der Waals surface area contributed by atoms with Crippen LogP contribution >= 0.6 is 23.4 Å². The Bertz CT molecular complexity index is 187. The van der Waals surface area contributed by atoms with E-state index in [9.17, 15) is 9.59 Å². The van der Waals surface area contributed by atoms with Crippen molar-refractivity contribution in [2.45, 2.75) is 19.2 Å². The standard InChI is InChI=1S/C8H14ClNO2S/c1-6(11)8(9)5-13-4-3-10-7(2)12/h8H,3-5H2,1-2H3,(H,10,12). The third kappa shape index (κ3) is 8.12. The summed E-state index contributed by atoms with van der Waals surface area (Å²) >= 11 is 7.26. The Balaban J connectivity index is 3.26. The zero-order chi connectivity index (χ0) is 10.3. The molecule has 0 rings (SSSR count). The number of thioether (sulfide) groups is 1. The molecular formula is C8H14ClNO2S. The molecule has 0 radical (unpaired) electrons. The van der Waals surface area contributed by atoms with Crippen molar-refractivity contribution in [2.24, 2.45) is 0 Å². The average molecular weight is 224 g/mol. The maximum Gasteiger partial charge on any atom is 0.216 e. The van der Waals surface area contributed by atoms with Gasteiger partial charge in [-0.3, -0.25) is 9.59 Å². The molecule has 0 aromatic carbocycles. The van der Waals surface area contributed by atoms with E-state index in [1.54, 1.807) is 11.8 Å². The van der Waals surface area contributed by atoms with Gasteiger partial charge in [0.25, 0.3) is 0 Å². The second-order valence-electron chi connectivity index (χ2n) is 2.64. The third-order valence-electron chi connectivity index (χ3n) is 1.33. The largest absolute Gasteiger partial charge is 0.356 e. The van der Waals surface area contributed by atoms with Crippen LogP contribution in [0.4, 0.5) is 0 Å². The molecule has 13 heavy (non-hydrogen) atoms. The van der Waals surface area contributed by atoms with Crippen LogP contribution in [0.25, 0.3) is 0 Å². The van der Waals surface area contributed by atoms with Crippen LogP contribution in [-0.4, -0.2) is 35.1 Å². The van der Waals surface area contributed by atoms with Crippen LogP contribution in [0.3, 0.4) is 0 Å². The molecule has 3 nitrogen and oxygen atoms in total. The number of rotatable bonds is 6. The lowest BCUT2D eigenvalue weighted by Crippen LogP contribution is -2.23. The third-order valence-corrected chi connectivity index (χ3v) is 3.03. The zero-order valence-corrected chi connectivity index (χ0v) is 9.37. The fraction of sp³-hybridized carbons (Fsp3) is 0.750. The van der Waals surface area contributed by atoms with E-state index < -0.39 is 5.38 Å². The topological polar surface area (TPSA) is 46.2 Å². The summed E-state index contributed by atoms with van der Waals surface area (Å²) in [5, 5.41) is 2.26. The van der Waals surface area contributed by atoms with Gasteiger partial charge in [0.05, 0.1) is 0 Å². The molecule has 1 amide bonds. The number of carbonyl (C=O) groups is 2. The minimum Gasteiger partial charge on any atom is -0.356 e. The van der Waals surface area contributed by atoms with E-state index in [2.05, 4.69) is 5.32 Å². The summed E-state index contributed by atoms with van der Waals surface area (Å²) in [4.78, 5) is 21.1. The van der Waals surface area contributed by atoms with Crippen molar-refractivity contribution in [1.82, 2.24) is 5.32 Å². The van der Waals surface area contributed by atoms with E-state index in [1.807, 2.05) is 0 Å². The summed E-state index contributed by atoms with van der Waals surface area (Å²) in [5.41, 5.74) is 0. The molecule has 0 fully saturated rings. The highest BCUT2D eigenvalue weighted by atomic mass is 35.5. The van der Waals surface area contributed by atoms with E-state index in [4.69, 9.17) is 11.6 Å². The molecule has 1 atom stereocenters. The van der Waals surface area contributed by atoms with Crippen molar-refractivity contribution in [3.63, 3.8) is 0 Å². The predicted octanol–water partition coefficient (Wildman–Crippen LogP) is 1.05. The molecule has 0 aliphatic carbocycles. The summed E-state index contributed by atoms with van der Waals surface area (Å²) in [6.45, 7) is 3.58. The molecule has 1 unspecified atom stereocenters. The molecule has 0 spiro atoms. The van der Waals surface area contributed by atoms with Crippen molar-refractivity contribution in [3.05, 3.63) is 0 Å². The summed E-state index contributed by atoms with van der Waals surface area (Å²) in [6.07, 6.45) is 0. The van der Waals surface area contributed by atoms with Crippen LogP contribution in [0.2, 0.25) is 0 Å². The second-order valence-corrected chi connectivity index (χ2v) is 4.31. The van der Waals surface area contributed by atoms with Crippen LogP contribution in [0, 0.1) is 0 Å².